The molecule has 3 rings (SSSR count). The van der Waals surface area contributed by atoms with E-state index >= 15 is 0 Å². The van der Waals surface area contributed by atoms with Crippen molar-refractivity contribution < 1.29 is 13.9 Å². The van der Waals surface area contributed by atoms with Crippen LogP contribution >= 0.6 is 0 Å². The van der Waals surface area contributed by atoms with E-state index in [9.17, 15) is 9.18 Å². The van der Waals surface area contributed by atoms with Crippen LogP contribution in [0.1, 0.15) is 37.9 Å². The highest BCUT2D eigenvalue weighted by Crippen LogP contribution is 2.26. The SMILES string of the molecule is Cc1[nH]nc(-c2ccc(F)cc2)c1CC(=O)N[C@@H]1CCOC(C)(C)C1. The molecule has 1 fully saturated rings. The number of benzene rings is 1. The topological polar surface area (TPSA) is 67.0 Å². The molecule has 0 saturated carbocycles. The smallest absolute Gasteiger partial charge is 0.224 e. The minimum absolute atomic E-state index is 0.0319. The lowest BCUT2D eigenvalue weighted by Crippen LogP contribution is -2.46. The number of hydrogen-bond acceptors (Lipinski definition) is 3. The predicted octanol–water partition coefficient (Wildman–Crippen LogP) is 3.14. The van der Waals surface area contributed by atoms with Crippen molar-refractivity contribution in [2.75, 3.05) is 6.61 Å². The lowest BCUT2D eigenvalue weighted by Gasteiger charge is -2.35. The van der Waals surface area contributed by atoms with E-state index in [1.807, 2.05) is 20.8 Å². The quantitative estimate of drug-likeness (QED) is 0.894. The van der Waals surface area contributed by atoms with Gasteiger partial charge in [0.05, 0.1) is 17.7 Å². The lowest BCUT2D eigenvalue weighted by atomic mass is 9.93. The molecule has 134 valence electrons. The van der Waals surface area contributed by atoms with Gasteiger partial charge in [0.25, 0.3) is 0 Å². The Morgan fingerprint density at radius 1 is 1.40 bits per heavy atom. The third-order valence-electron chi connectivity index (χ3n) is 4.59. The Hall–Kier alpha value is -2.21. The van der Waals surface area contributed by atoms with E-state index in [1.165, 1.54) is 12.1 Å². The third kappa shape index (κ3) is 4.25. The van der Waals surface area contributed by atoms with Gasteiger partial charge in [-0.25, -0.2) is 4.39 Å². The maximum absolute atomic E-state index is 13.1. The van der Waals surface area contributed by atoms with Crippen LogP contribution in [0.2, 0.25) is 0 Å². The number of ether oxygens (including phenoxy) is 1. The molecule has 1 aromatic heterocycles. The first-order valence-electron chi connectivity index (χ1n) is 8.57. The van der Waals surface area contributed by atoms with E-state index in [2.05, 4.69) is 15.5 Å². The standard InChI is InChI=1S/C19H24FN3O2/c1-12-16(18(23-22-12)13-4-6-14(20)7-5-13)10-17(24)21-15-8-9-25-19(2,3)11-15/h4-7,15H,8-11H2,1-3H3,(H,21,24)(H,22,23)/t15-/m1/s1. The minimum Gasteiger partial charge on any atom is -0.375 e. The summed E-state index contributed by atoms with van der Waals surface area (Å²) in [4.78, 5) is 12.5. The van der Waals surface area contributed by atoms with Crippen LogP contribution in [0.15, 0.2) is 24.3 Å². The Kier molecular flexibility index (Phi) is 4.90. The predicted molar refractivity (Wildman–Crippen MR) is 93.6 cm³/mol. The number of aromatic nitrogens is 2. The number of amides is 1. The molecule has 1 atom stereocenters. The minimum atomic E-state index is -0.294. The van der Waals surface area contributed by atoms with Crippen molar-refractivity contribution in [2.24, 2.45) is 0 Å². The van der Waals surface area contributed by atoms with Gasteiger partial charge in [-0.2, -0.15) is 5.10 Å². The highest BCUT2D eigenvalue weighted by molar-refractivity contribution is 5.81. The molecule has 1 aromatic carbocycles. The fourth-order valence-corrected chi connectivity index (χ4v) is 3.31. The number of halogens is 1. The highest BCUT2D eigenvalue weighted by Gasteiger charge is 2.30. The average molecular weight is 345 g/mol. The first-order chi connectivity index (χ1) is 11.8. The second kappa shape index (κ2) is 6.96. The first-order valence-corrected chi connectivity index (χ1v) is 8.57. The van der Waals surface area contributed by atoms with Gasteiger partial charge in [0, 0.05) is 29.5 Å². The number of rotatable bonds is 4. The van der Waals surface area contributed by atoms with Gasteiger partial charge in [0.1, 0.15) is 5.82 Å². The van der Waals surface area contributed by atoms with Crippen molar-refractivity contribution in [3.05, 3.63) is 41.3 Å². The van der Waals surface area contributed by atoms with Crippen LogP contribution in [0, 0.1) is 12.7 Å². The molecule has 2 N–H and O–H groups in total. The Balaban J connectivity index is 1.71. The number of aromatic amines is 1. The van der Waals surface area contributed by atoms with Crippen molar-refractivity contribution in [1.82, 2.24) is 15.5 Å². The van der Waals surface area contributed by atoms with Crippen LogP contribution in [0.4, 0.5) is 4.39 Å². The van der Waals surface area contributed by atoms with Crippen LogP contribution in [-0.4, -0.2) is 34.4 Å². The monoisotopic (exact) mass is 345 g/mol. The summed E-state index contributed by atoms with van der Waals surface area (Å²) in [7, 11) is 0. The molecule has 1 amide bonds. The molecule has 0 spiro atoms. The summed E-state index contributed by atoms with van der Waals surface area (Å²) in [6, 6.07) is 6.26. The third-order valence-corrected chi connectivity index (χ3v) is 4.59. The van der Waals surface area contributed by atoms with E-state index in [1.54, 1.807) is 12.1 Å². The van der Waals surface area contributed by atoms with Gasteiger partial charge in [0.2, 0.25) is 5.91 Å². The fourth-order valence-electron chi connectivity index (χ4n) is 3.31. The van der Waals surface area contributed by atoms with Crippen molar-refractivity contribution in [3.63, 3.8) is 0 Å². The number of nitrogens with one attached hydrogen (secondary N) is 2. The van der Waals surface area contributed by atoms with Crippen LogP contribution in [0.5, 0.6) is 0 Å². The van der Waals surface area contributed by atoms with E-state index in [0.29, 0.717) is 12.3 Å². The summed E-state index contributed by atoms with van der Waals surface area (Å²) in [5.74, 6) is -0.326. The van der Waals surface area contributed by atoms with Gasteiger partial charge in [-0.3, -0.25) is 9.89 Å². The summed E-state index contributed by atoms with van der Waals surface area (Å²) >= 11 is 0. The first kappa shape index (κ1) is 17.6. The zero-order valence-corrected chi connectivity index (χ0v) is 14.9. The number of H-pyrrole nitrogens is 1. The number of carbonyl (C=O) groups excluding carboxylic acids is 1. The van der Waals surface area contributed by atoms with Crippen molar-refractivity contribution in [2.45, 2.75) is 51.7 Å². The summed E-state index contributed by atoms with van der Waals surface area (Å²) in [6.45, 7) is 6.63. The highest BCUT2D eigenvalue weighted by atomic mass is 19.1. The van der Waals surface area contributed by atoms with E-state index in [-0.39, 0.29) is 29.8 Å². The largest absolute Gasteiger partial charge is 0.375 e. The zero-order chi connectivity index (χ0) is 18.0. The molecule has 1 aliphatic rings. The Labute approximate surface area is 147 Å². The van der Waals surface area contributed by atoms with Crippen molar-refractivity contribution in [3.8, 4) is 11.3 Å². The molecule has 1 aliphatic heterocycles. The normalized spacial score (nSPS) is 19.6. The number of hydrogen-bond donors (Lipinski definition) is 2. The van der Waals surface area contributed by atoms with Gasteiger partial charge in [-0.15, -0.1) is 0 Å². The van der Waals surface area contributed by atoms with Crippen molar-refractivity contribution >= 4 is 5.91 Å². The van der Waals surface area contributed by atoms with Gasteiger partial charge in [-0.05, 0) is 57.9 Å². The molecular formula is C19H24FN3O2. The second-order valence-corrected chi connectivity index (χ2v) is 7.22. The summed E-state index contributed by atoms with van der Waals surface area (Å²) in [5, 5.41) is 10.3. The average Bonchev–Trinajstić information content (AvgIpc) is 2.88. The number of nitrogens with zero attached hydrogens (tertiary/aromatic N) is 1. The van der Waals surface area contributed by atoms with E-state index < -0.39 is 0 Å². The van der Waals surface area contributed by atoms with Crippen molar-refractivity contribution in [1.29, 1.82) is 0 Å². The molecule has 2 heterocycles. The van der Waals surface area contributed by atoms with Crippen LogP contribution in [0.3, 0.4) is 0 Å². The molecule has 5 nitrogen and oxygen atoms in total. The molecule has 1 saturated heterocycles. The lowest BCUT2D eigenvalue weighted by molar-refractivity contribution is -0.123. The zero-order valence-electron chi connectivity index (χ0n) is 14.9. The summed E-state index contributed by atoms with van der Waals surface area (Å²) in [6.07, 6.45) is 1.87. The van der Waals surface area contributed by atoms with Gasteiger partial charge in [0.15, 0.2) is 0 Å². The molecule has 0 radical (unpaired) electrons. The van der Waals surface area contributed by atoms with E-state index in [4.69, 9.17) is 4.74 Å². The van der Waals surface area contributed by atoms with Crippen LogP contribution in [0.25, 0.3) is 11.3 Å². The van der Waals surface area contributed by atoms with Crippen LogP contribution in [-0.2, 0) is 16.0 Å². The number of aryl methyl sites for hydroxylation is 1. The molecule has 0 unspecified atom stereocenters. The Bertz CT molecular complexity index is 753. The van der Waals surface area contributed by atoms with Crippen LogP contribution < -0.4 is 5.32 Å². The van der Waals surface area contributed by atoms with E-state index in [0.717, 1.165) is 29.7 Å². The van der Waals surface area contributed by atoms with Gasteiger partial charge in [-0.1, -0.05) is 0 Å². The summed E-state index contributed by atoms with van der Waals surface area (Å²) in [5.41, 5.74) is 2.97. The second-order valence-electron chi connectivity index (χ2n) is 7.22. The molecule has 0 aliphatic carbocycles. The molecule has 2 aromatic rings. The Morgan fingerprint density at radius 2 is 2.12 bits per heavy atom. The maximum atomic E-state index is 13.1. The number of carbonyl (C=O) groups is 1. The fraction of sp³-hybridized carbons (Fsp3) is 0.474. The molecule has 0 bridgehead atoms. The Morgan fingerprint density at radius 3 is 2.80 bits per heavy atom. The van der Waals surface area contributed by atoms with Gasteiger partial charge < -0.3 is 10.1 Å². The van der Waals surface area contributed by atoms with Gasteiger partial charge >= 0.3 is 0 Å². The summed E-state index contributed by atoms with van der Waals surface area (Å²) < 4.78 is 18.8. The molecule has 6 heteroatoms. The molecule has 25 heavy (non-hydrogen) atoms. The molecular weight excluding hydrogens is 321 g/mol. The maximum Gasteiger partial charge on any atom is 0.224 e.